The molecule has 0 spiro atoms. The van der Waals surface area contributed by atoms with Crippen LogP contribution in [-0.4, -0.2) is 0 Å². The van der Waals surface area contributed by atoms with Gasteiger partial charge in [-0.25, -0.2) is 0 Å². The molecule has 0 saturated carbocycles. The first kappa shape index (κ1) is 7.54. The van der Waals surface area contributed by atoms with E-state index in [4.69, 9.17) is 5.73 Å². The van der Waals surface area contributed by atoms with E-state index in [1.807, 2.05) is 6.08 Å². The van der Waals surface area contributed by atoms with Crippen molar-refractivity contribution < 1.29 is 0 Å². The van der Waals surface area contributed by atoms with Crippen molar-refractivity contribution >= 4 is 0 Å². The first-order chi connectivity index (χ1) is 3.77. The van der Waals surface area contributed by atoms with Gasteiger partial charge in [0.15, 0.2) is 0 Å². The van der Waals surface area contributed by atoms with E-state index < -0.39 is 0 Å². The summed E-state index contributed by atoms with van der Waals surface area (Å²) in [6.07, 6.45) is 5.98. The Labute approximate surface area is 51.6 Å². The minimum atomic E-state index is 0.797. The maximum atomic E-state index is 5.13. The molecule has 1 heteroatoms. The summed E-state index contributed by atoms with van der Waals surface area (Å²) in [4.78, 5) is 0. The molecule has 0 atom stereocenters. The Balaban J connectivity index is 2.93. The molecule has 0 amide bonds. The van der Waals surface area contributed by atoms with Gasteiger partial charge < -0.3 is 5.73 Å². The van der Waals surface area contributed by atoms with Gasteiger partial charge in [-0.3, -0.25) is 0 Å². The summed E-state index contributed by atoms with van der Waals surface area (Å²) < 4.78 is 0. The SMILES string of the molecule is CC(C)CCC=CN. The third-order valence-corrected chi connectivity index (χ3v) is 1.05. The van der Waals surface area contributed by atoms with Gasteiger partial charge in [-0.2, -0.15) is 0 Å². The van der Waals surface area contributed by atoms with Gasteiger partial charge in [0, 0.05) is 0 Å². The summed E-state index contributed by atoms with van der Waals surface area (Å²) in [6, 6.07) is 0. The van der Waals surface area contributed by atoms with E-state index in [9.17, 15) is 0 Å². The standard InChI is InChI=1S/C7H15N/c1-7(2)5-3-4-6-8/h4,6-7H,3,5,8H2,1-2H3. The highest BCUT2D eigenvalue weighted by atomic mass is 14.5. The van der Waals surface area contributed by atoms with Crippen molar-refractivity contribution in [1.82, 2.24) is 0 Å². The minimum Gasteiger partial charge on any atom is -0.405 e. The quantitative estimate of drug-likeness (QED) is 0.594. The van der Waals surface area contributed by atoms with Crippen LogP contribution in [0.2, 0.25) is 0 Å². The molecule has 0 radical (unpaired) electrons. The zero-order chi connectivity index (χ0) is 6.41. The van der Waals surface area contributed by atoms with Crippen LogP contribution in [0.15, 0.2) is 12.3 Å². The Morgan fingerprint density at radius 2 is 2.12 bits per heavy atom. The van der Waals surface area contributed by atoms with Gasteiger partial charge in [0.2, 0.25) is 0 Å². The van der Waals surface area contributed by atoms with Crippen molar-refractivity contribution in [2.45, 2.75) is 26.7 Å². The van der Waals surface area contributed by atoms with E-state index in [1.165, 1.54) is 6.42 Å². The molecule has 0 rings (SSSR count). The normalized spacial score (nSPS) is 11.4. The van der Waals surface area contributed by atoms with E-state index in [-0.39, 0.29) is 0 Å². The molecule has 1 nitrogen and oxygen atoms in total. The van der Waals surface area contributed by atoms with Gasteiger partial charge in [-0.15, -0.1) is 0 Å². The van der Waals surface area contributed by atoms with Crippen LogP contribution in [0.1, 0.15) is 26.7 Å². The fourth-order valence-electron chi connectivity index (χ4n) is 0.526. The highest BCUT2D eigenvalue weighted by Gasteiger charge is 1.87. The van der Waals surface area contributed by atoms with E-state index in [2.05, 4.69) is 13.8 Å². The molecule has 0 aromatic rings. The summed E-state index contributed by atoms with van der Waals surface area (Å²) >= 11 is 0. The predicted molar refractivity (Wildman–Crippen MR) is 37.4 cm³/mol. The maximum absolute atomic E-state index is 5.13. The van der Waals surface area contributed by atoms with Gasteiger partial charge in [0.25, 0.3) is 0 Å². The van der Waals surface area contributed by atoms with Crippen LogP contribution in [0.4, 0.5) is 0 Å². The lowest BCUT2D eigenvalue weighted by molar-refractivity contribution is 0.594. The zero-order valence-electron chi connectivity index (χ0n) is 5.72. The Bertz CT molecular complexity index is 64.8. The van der Waals surface area contributed by atoms with Gasteiger partial charge >= 0.3 is 0 Å². The second kappa shape index (κ2) is 4.69. The Morgan fingerprint density at radius 3 is 2.50 bits per heavy atom. The molecule has 0 aliphatic heterocycles. The first-order valence-corrected chi connectivity index (χ1v) is 3.14. The molecule has 2 N–H and O–H groups in total. The van der Waals surface area contributed by atoms with Crippen LogP contribution in [0, 0.1) is 5.92 Å². The highest BCUT2D eigenvalue weighted by molar-refractivity contribution is 4.75. The van der Waals surface area contributed by atoms with E-state index in [0.29, 0.717) is 0 Å². The molecular formula is C7H15N. The minimum absolute atomic E-state index is 0.797. The lowest BCUT2D eigenvalue weighted by atomic mass is 10.1. The number of hydrogen-bond donors (Lipinski definition) is 1. The average molecular weight is 113 g/mol. The molecule has 0 saturated heterocycles. The fraction of sp³-hybridized carbons (Fsp3) is 0.714. The Morgan fingerprint density at radius 1 is 1.50 bits per heavy atom. The monoisotopic (exact) mass is 113 g/mol. The molecule has 0 aromatic carbocycles. The van der Waals surface area contributed by atoms with Crippen LogP contribution in [0.3, 0.4) is 0 Å². The third kappa shape index (κ3) is 5.54. The maximum Gasteiger partial charge on any atom is -0.0103 e. The molecule has 48 valence electrons. The lowest BCUT2D eigenvalue weighted by Gasteiger charge is -1.97. The van der Waals surface area contributed by atoms with E-state index in [0.717, 1.165) is 12.3 Å². The summed E-state index contributed by atoms with van der Waals surface area (Å²) in [5.41, 5.74) is 5.13. The van der Waals surface area contributed by atoms with Gasteiger partial charge in [-0.05, 0) is 25.0 Å². The highest BCUT2D eigenvalue weighted by Crippen LogP contribution is 2.02. The average Bonchev–Trinajstić information content (AvgIpc) is 1.66. The number of nitrogens with two attached hydrogens (primary N) is 1. The second-order valence-corrected chi connectivity index (χ2v) is 2.40. The molecule has 0 aliphatic carbocycles. The first-order valence-electron chi connectivity index (χ1n) is 3.14. The van der Waals surface area contributed by atoms with Crippen molar-refractivity contribution in [2.75, 3.05) is 0 Å². The van der Waals surface area contributed by atoms with Crippen molar-refractivity contribution in [1.29, 1.82) is 0 Å². The summed E-state index contributed by atoms with van der Waals surface area (Å²) in [6.45, 7) is 4.43. The molecule has 0 heterocycles. The molecule has 0 fully saturated rings. The lowest BCUT2D eigenvalue weighted by Crippen LogP contribution is -1.84. The van der Waals surface area contributed by atoms with Crippen molar-refractivity contribution in [3.8, 4) is 0 Å². The number of rotatable bonds is 3. The van der Waals surface area contributed by atoms with Gasteiger partial charge in [-0.1, -0.05) is 19.9 Å². The van der Waals surface area contributed by atoms with Crippen LogP contribution in [-0.2, 0) is 0 Å². The largest absolute Gasteiger partial charge is 0.405 e. The van der Waals surface area contributed by atoms with Crippen LogP contribution >= 0.6 is 0 Å². The molecular weight excluding hydrogens is 98.1 g/mol. The summed E-state index contributed by atoms with van der Waals surface area (Å²) in [5, 5.41) is 0. The second-order valence-electron chi connectivity index (χ2n) is 2.40. The van der Waals surface area contributed by atoms with Gasteiger partial charge in [0.05, 0.1) is 0 Å². The Kier molecular flexibility index (Phi) is 4.42. The third-order valence-electron chi connectivity index (χ3n) is 1.05. The topological polar surface area (TPSA) is 26.0 Å². The number of allylic oxidation sites excluding steroid dienone is 1. The summed E-state index contributed by atoms with van der Waals surface area (Å²) in [7, 11) is 0. The van der Waals surface area contributed by atoms with E-state index >= 15 is 0 Å². The molecule has 0 unspecified atom stereocenters. The van der Waals surface area contributed by atoms with Crippen molar-refractivity contribution in [3.63, 3.8) is 0 Å². The summed E-state index contributed by atoms with van der Waals surface area (Å²) in [5.74, 6) is 0.797. The smallest absolute Gasteiger partial charge is 0.0103 e. The predicted octanol–water partition coefficient (Wildman–Crippen LogP) is 1.90. The van der Waals surface area contributed by atoms with Crippen LogP contribution in [0.25, 0.3) is 0 Å². The number of hydrogen-bond acceptors (Lipinski definition) is 1. The van der Waals surface area contributed by atoms with E-state index in [1.54, 1.807) is 6.20 Å². The Hall–Kier alpha value is -0.460. The van der Waals surface area contributed by atoms with Crippen molar-refractivity contribution in [3.05, 3.63) is 12.3 Å². The van der Waals surface area contributed by atoms with Crippen LogP contribution < -0.4 is 5.73 Å². The fourth-order valence-corrected chi connectivity index (χ4v) is 0.526. The van der Waals surface area contributed by atoms with Gasteiger partial charge in [0.1, 0.15) is 0 Å². The molecule has 0 bridgehead atoms. The van der Waals surface area contributed by atoms with Crippen LogP contribution in [0.5, 0.6) is 0 Å². The molecule has 0 aliphatic rings. The molecule has 8 heavy (non-hydrogen) atoms. The molecule has 0 aromatic heterocycles. The van der Waals surface area contributed by atoms with Crippen molar-refractivity contribution in [2.24, 2.45) is 11.7 Å². The zero-order valence-corrected chi connectivity index (χ0v) is 5.72.